The Kier molecular flexibility index (Phi) is 5.02. The molecule has 0 radical (unpaired) electrons. The van der Waals surface area contributed by atoms with Gasteiger partial charge < -0.3 is 10.2 Å². The summed E-state index contributed by atoms with van der Waals surface area (Å²) >= 11 is 7.97. The van der Waals surface area contributed by atoms with Crippen molar-refractivity contribution in [2.24, 2.45) is 0 Å². The molecule has 3 heterocycles. The van der Waals surface area contributed by atoms with E-state index in [-0.39, 0.29) is 0 Å². The summed E-state index contributed by atoms with van der Waals surface area (Å²) in [4.78, 5) is 11.3. The van der Waals surface area contributed by atoms with E-state index >= 15 is 0 Å². The number of hydrogen-bond donors (Lipinski definition) is 1. The Morgan fingerprint density at radius 1 is 1.25 bits per heavy atom. The number of hydrogen-bond acceptors (Lipinski definition) is 5. The van der Waals surface area contributed by atoms with Crippen LogP contribution < -0.4 is 5.32 Å². The van der Waals surface area contributed by atoms with Crippen LogP contribution in [0, 0.1) is 0 Å². The predicted octanol–water partition coefficient (Wildman–Crippen LogP) is 2.82. The lowest BCUT2D eigenvalue weighted by Crippen LogP contribution is -2.23. The number of thioether (sulfide) groups is 1. The molecule has 0 atom stereocenters. The molecule has 2 aliphatic heterocycles. The molecule has 6 heteroatoms. The Morgan fingerprint density at radius 2 is 2.10 bits per heavy atom. The summed E-state index contributed by atoms with van der Waals surface area (Å²) in [7, 11) is 0. The summed E-state index contributed by atoms with van der Waals surface area (Å²) < 4.78 is 0. The van der Waals surface area contributed by atoms with Gasteiger partial charge in [0.15, 0.2) is 0 Å². The van der Waals surface area contributed by atoms with Crippen molar-refractivity contribution < 1.29 is 0 Å². The fourth-order valence-corrected chi connectivity index (χ4v) is 4.04. The van der Waals surface area contributed by atoms with Crippen LogP contribution in [0.5, 0.6) is 0 Å². The molecule has 0 spiro atoms. The molecule has 0 unspecified atom stereocenters. The molecule has 1 aromatic rings. The number of nitrogens with zero attached hydrogens (tertiary/aromatic N) is 3. The summed E-state index contributed by atoms with van der Waals surface area (Å²) in [6.07, 6.45) is 4.88. The second-order valence-corrected chi connectivity index (χ2v) is 6.84. The summed E-state index contributed by atoms with van der Waals surface area (Å²) in [5, 5.41) is 3.83. The van der Waals surface area contributed by atoms with Crippen LogP contribution in [0.25, 0.3) is 0 Å². The van der Waals surface area contributed by atoms with Crippen LogP contribution >= 0.6 is 23.4 Å². The maximum atomic E-state index is 6.02. The zero-order valence-electron chi connectivity index (χ0n) is 11.7. The van der Waals surface area contributed by atoms with Crippen LogP contribution in [0.15, 0.2) is 0 Å². The van der Waals surface area contributed by atoms with Crippen LogP contribution in [-0.4, -0.2) is 46.8 Å². The maximum absolute atomic E-state index is 6.02. The third-order valence-electron chi connectivity index (χ3n) is 3.94. The van der Waals surface area contributed by atoms with Crippen LogP contribution in [0.1, 0.15) is 30.5 Å². The number of likely N-dealkylation sites (tertiary alicyclic amines) is 1. The van der Waals surface area contributed by atoms with E-state index in [1.165, 1.54) is 38.0 Å². The van der Waals surface area contributed by atoms with Gasteiger partial charge in [-0.05, 0) is 62.7 Å². The fourth-order valence-electron chi connectivity index (χ4n) is 2.86. The van der Waals surface area contributed by atoms with Gasteiger partial charge in [0.25, 0.3) is 0 Å². The van der Waals surface area contributed by atoms with Crippen LogP contribution in [-0.2, 0) is 12.2 Å². The summed E-state index contributed by atoms with van der Waals surface area (Å²) in [5.41, 5.74) is 2.39. The highest BCUT2D eigenvalue weighted by Gasteiger charge is 2.17. The Hall–Kier alpha value is -0.520. The number of nitrogens with one attached hydrogen (secondary N) is 1. The van der Waals surface area contributed by atoms with Gasteiger partial charge in [-0.3, -0.25) is 0 Å². The first-order valence-electron chi connectivity index (χ1n) is 7.42. The van der Waals surface area contributed by atoms with Crippen LogP contribution in [0.2, 0.25) is 5.28 Å². The molecule has 1 aromatic heterocycles. The number of halogens is 1. The van der Waals surface area contributed by atoms with Crippen molar-refractivity contribution in [1.82, 2.24) is 14.9 Å². The lowest BCUT2D eigenvalue weighted by molar-refractivity contribution is 0.337. The summed E-state index contributed by atoms with van der Waals surface area (Å²) in [6, 6.07) is 0. The quantitative estimate of drug-likeness (QED) is 0.669. The van der Waals surface area contributed by atoms with Crippen molar-refractivity contribution in [2.45, 2.75) is 31.4 Å². The topological polar surface area (TPSA) is 41.1 Å². The van der Waals surface area contributed by atoms with E-state index in [1.807, 2.05) is 11.8 Å². The molecule has 0 aliphatic carbocycles. The Balaban J connectivity index is 1.55. The minimum atomic E-state index is 0.373. The Labute approximate surface area is 129 Å². The molecule has 20 heavy (non-hydrogen) atoms. The van der Waals surface area contributed by atoms with Gasteiger partial charge in [-0.2, -0.15) is 11.8 Å². The molecule has 1 saturated heterocycles. The van der Waals surface area contributed by atoms with Gasteiger partial charge in [-0.25, -0.2) is 9.97 Å². The average Bonchev–Trinajstić information content (AvgIpc) is 2.96. The van der Waals surface area contributed by atoms with Crippen molar-refractivity contribution in [2.75, 3.05) is 37.2 Å². The Morgan fingerprint density at radius 3 is 2.95 bits per heavy atom. The molecule has 0 bridgehead atoms. The first-order valence-corrected chi connectivity index (χ1v) is 8.95. The lowest BCUT2D eigenvalue weighted by Gasteiger charge is -2.19. The lowest BCUT2D eigenvalue weighted by atomic mass is 10.2. The van der Waals surface area contributed by atoms with E-state index in [0.717, 1.165) is 42.4 Å². The smallest absolute Gasteiger partial charge is 0.224 e. The van der Waals surface area contributed by atoms with Gasteiger partial charge in [0.1, 0.15) is 5.82 Å². The Bertz CT molecular complexity index is 463. The summed E-state index contributed by atoms with van der Waals surface area (Å²) in [6.45, 7) is 4.68. The van der Waals surface area contributed by atoms with Crippen LogP contribution in [0.4, 0.5) is 5.82 Å². The van der Waals surface area contributed by atoms with Gasteiger partial charge in [0.05, 0.1) is 5.69 Å². The largest absolute Gasteiger partial charge is 0.370 e. The van der Waals surface area contributed by atoms with Gasteiger partial charge in [0, 0.05) is 17.9 Å². The van der Waals surface area contributed by atoms with E-state index in [2.05, 4.69) is 20.2 Å². The van der Waals surface area contributed by atoms with E-state index in [4.69, 9.17) is 11.6 Å². The van der Waals surface area contributed by atoms with E-state index in [1.54, 1.807) is 0 Å². The second kappa shape index (κ2) is 6.96. The highest BCUT2D eigenvalue weighted by Crippen LogP contribution is 2.29. The SMILES string of the molecule is Clc1nc2c(c(NCCCN3CCCC3)n1)CSCC2. The number of anilines is 1. The molecule has 110 valence electrons. The first kappa shape index (κ1) is 14.4. The van der Waals surface area contributed by atoms with Crippen molar-refractivity contribution in [3.63, 3.8) is 0 Å². The predicted molar refractivity (Wildman–Crippen MR) is 85.7 cm³/mol. The molecular weight excluding hydrogens is 292 g/mol. The standard InChI is InChI=1S/C14H21ClN4S/c15-14-17-12-4-9-20-10-11(12)13(18-14)16-5-3-8-19-6-1-2-7-19/h1-10H2,(H,16,17,18). The molecule has 1 N–H and O–H groups in total. The van der Waals surface area contributed by atoms with Gasteiger partial charge in [-0.1, -0.05) is 0 Å². The zero-order valence-corrected chi connectivity index (χ0v) is 13.3. The molecule has 4 nitrogen and oxygen atoms in total. The van der Waals surface area contributed by atoms with Gasteiger partial charge in [-0.15, -0.1) is 0 Å². The highest BCUT2D eigenvalue weighted by atomic mass is 35.5. The van der Waals surface area contributed by atoms with E-state index in [9.17, 15) is 0 Å². The van der Waals surface area contributed by atoms with Crippen LogP contribution in [0.3, 0.4) is 0 Å². The second-order valence-electron chi connectivity index (χ2n) is 5.40. The molecule has 2 aliphatic rings. The molecular formula is C14H21ClN4S. The molecule has 1 fully saturated rings. The highest BCUT2D eigenvalue weighted by molar-refractivity contribution is 7.98. The summed E-state index contributed by atoms with van der Waals surface area (Å²) in [5.74, 6) is 3.09. The molecule has 0 aromatic carbocycles. The zero-order chi connectivity index (χ0) is 13.8. The van der Waals surface area contributed by atoms with E-state index < -0.39 is 0 Å². The van der Waals surface area contributed by atoms with Crippen molar-refractivity contribution in [3.8, 4) is 0 Å². The number of rotatable bonds is 5. The first-order chi connectivity index (χ1) is 9.83. The average molecular weight is 313 g/mol. The van der Waals surface area contributed by atoms with Crippen molar-refractivity contribution in [3.05, 3.63) is 16.5 Å². The minimum Gasteiger partial charge on any atom is -0.370 e. The van der Waals surface area contributed by atoms with E-state index in [0.29, 0.717) is 5.28 Å². The third kappa shape index (κ3) is 3.57. The number of aromatic nitrogens is 2. The number of fused-ring (bicyclic) bond motifs is 1. The molecule has 3 rings (SSSR count). The minimum absolute atomic E-state index is 0.373. The molecule has 0 amide bonds. The molecule has 0 saturated carbocycles. The van der Waals surface area contributed by atoms with Crippen molar-refractivity contribution in [1.29, 1.82) is 0 Å². The maximum Gasteiger partial charge on any atom is 0.224 e. The van der Waals surface area contributed by atoms with Crippen molar-refractivity contribution >= 4 is 29.2 Å². The van der Waals surface area contributed by atoms with Gasteiger partial charge >= 0.3 is 0 Å². The number of aryl methyl sites for hydroxylation is 1. The monoisotopic (exact) mass is 312 g/mol. The van der Waals surface area contributed by atoms with Gasteiger partial charge in [0.2, 0.25) is 5.28 Å². The fraction of sp³-hybridized carbons (Fsp3) is 0.714. The normalized spacial score (nSPS) is 19.1. The third-order valence-corrected chi connectivity index (χ3v) is 5.09.